The van der Waals surface area contributed by atoms with E-state index in [1.54, 1.807) is 6.33 Å². The molecule has 3 aromatic rings. The fraction of sp³-hybridized carbons (Fsp3) is 0.556. The molecule has 2 atom stereocenters. The third kappa shape index (κ3) is 3.05. The van der Waals surface area contributed by atoms with Crippen LogP contribution >= 0.6 is 0 Å². The molecule has 0 amide bonds. The highest BCUT2D eigenvalue weighted by molar-refractivity contribution is 5.63. The molecule has 0 spiro atoms. The molecular formula is C18H26N8. The van der Waals surface area contributed by atoms with Crippen LogP contribution in [0.5, 0.6) is 0 Å². The van der Waals surface area contributed by atoms with Crippen molar-refractivity contribution in [3.8, 4) is 0 Å². The summed E-state index contributed by atoms with van der Waals surface area (Å²) in [6.45, 7) is 10.5. The molecule has 26 heavy (non-hydrogen) atoms. The molecule has 4 rings (SSSR count). The van der Waals surface area contributed by atoms with Crippen LogP contribution in [0.25, 0.3) is 5.65 Å². The first kappa shape index (κ1) is 17.0. The summed E-state index contributed by atoms with van der Waals surface area (Å²) in [4.78, 5) is 9.41. The molecule has 1 saturated heterocycles. The molecule has 1 aliphatic rings. The maximum absolute atomic E-state index is 4.57. The van der Waals surface area contributed by atoms with Crippen LogP contribution in [0.4, 0.5) is 5.82 Å². The average molecular weight is 354 g/mol. The Morgan fingerprint density at radius 2 is 2.15 bits per heavy atom. The van der Waals surface area contributed by atoms with Gasteiger partial charge >= 0.3 is 0 Å². The van der Waals surface area contributed by atoms with E-state index in [0.29, 0.717) is 12.1 Å². The molecule has 1 aliphatic heterocycles. The predicted molar refractivity (Wildman–Crippen MR) is 100 cm³/mol. The van der Waals surface area contributed by atoms with Crippen LogP contribution in [-0.4, -0.2) is 59.9 Å². The zero-order chi connectivity index (χ0) is 18.1. The minimum Gasteiger partial charge on any atom is -0.348 e. The summed E-state index contributed by atoms with van der Waals surface area (Å²) in [6.07, 6.45) is 8.42. The van der Waals surface area contributed by atoms with Gasteiger partial charge in [-0.1, -0.05) is 6.92 Å². The van der Waals surface area contributed by atoms with Gasteiger partial charge in [0.05, 0.1) is 5.69 Å². The van der Waals surface area contributed by atoms with Crippen molar-refractivity contribution in [3.63, 3.8) is 0 Å². The second-order valence-electron chi connectivity index (χ2n) is 7.11. The molecule has 0 saturated carbocycles. The monoisotopic (exact) mass is 354 g/mol. The van der Waals surface area contributed by atoms with Gasteiger partial charge in [-0.25, -0.2) is 4.98 Å². The summed E-state index contributed by atoms with van der Waals surface area (Å²) < 4.78 is 4.08. The maximum atomic E-state index is 4.57. The number of piperazine rings is 1. The van der Waals surface area contributed by atoms with Gasteiger partial charge in [0, 0.05) is 56.9 Å². The average Bonchev–Trinajstić information content (AvgIpc) is 3.30. The maximum Gasteiger partial charge on any atom is 0.203 e. The van der Waals surface area contributed by atoms with Gasteiger partial charge in [0.1, 0.15) is 6.33 Å². The van der Waals surface area contributed by atoms with E-state index in [0.717, 1.165) is 44.1 Å². The second kappa shape index (κ2) is 7.03. The minimum absolute atomic E-state index is 0.360. The Hall–Kier alpha value is -2.48. The second-order valence-corrected chi connectivity index (χ2v) is 7.11. The Bertz CT molecular complexity index is 869. The lowest BCUT2D eigenvalue weighted by atomic mass is 10.1. The minimum atomic E-state index is 0.360. The van der Waals surface area contributed by atoms with Gasteiger partial charge in [-0.2, -0.15) is 5.10 Å². The highest BCUT2D eigenvalue weighted by atomic mass is 15.4. The molecule has 1 fully saturated rings. The van der Waals surface area contributed by atoms with E-state index in [1.165, 1.54) is 5.69 Å². The van der Waals surface area contributed by atoms with E-state index in [2.05, 4.69) is 61.6 Å². The highest BCUT2D eigenvalue weighted by Crippen LogP contribution is 2.23. The topological polar surface area (TPSA) is 67.4 Å². The number of aromatic nitrogens is 6. The normalized spacial score (nSPS) is 20.0. The van der Waals surface area contributed by atoms with Gasteiger partial charge in [-0.05, 0) is 26.3 Å². The smallest absolute Gasteiger partial charge is 0.203 e. The lowest BCUT2D eigenvalue weighted by molar-refractivity contribution is 0.212. The van der Waals surface area contributed by atoms with Gasteiger partial charge in [0.25, 0.3) is 0 Å². The van der Waals surface area contributed by atoms with Crippen molar-refractivity contribution in [3.05, 3.63) is 36.7 Å². The molecule has 0 N–H and O–H groups in total. The lowest BCUT2D eigenvalue weighted by Gasteiger charge is -2.40. The van der Waals surface area contributed by atoms with E-state index in [4.69, 9.17) is 0 Å². The van der Waals surface area contributed by atoms with Crippen LogP contribution in [0, 0.1) is 0 Å². The van der Waals surface area contributed by atoms with Crippen molar-refractivity contribution in [2.24, 2.45) is 0 Å². The number of hydrogen-bond acceptors (Lipinski definition) is 6. The van der Waals surface area contributed by atoms with Gasteiger partial charge in [-0.3, -0.25) is 14.0 Å². The van der Waals surface area contributed by atoms with Gasteiger partial charge in [0.2, 0.25) is 5.65 Å². The fourth-order valence-electron chi connectivity index (χ4n) is 3.70. The van der Waals surface area contributed by atoms with Crippen LogP contribution in [0.3, 0.4) is 0 Å². The van der Waals surface area contributed by atoms with Gasteiger partial charge < -0.3 is 4.90 Å². The summed E-state index contributed by atoms with van der Waals surface area (Å²) in [5.74, 6) is 0.918. The van der Waals surface area contributed by atoms with Crippen LogP contribution in [0.1, 0.15) is 38.9 Å². The molecule has 138 valence electrons. The summed E-state index contributed by atoms with van der Waals surface area (Å²) in [5, 5.41) is 12.8. The molecule has 4 heterocycles. The molecule has 0 aliphatic carbocycles. The quantitative estimate of drug-likeness (QED) is 0.698. The van der Waals surface area contributed by atoms with E-state index >= 15 is 0 Å². The Kier molecular flexibility index (Phi) is 4.58. The van der Waals surface area contributed by atoms with E-state index in [1.807, 2.05) is 23.0 Å². The van der Waals surface area contributed by atoms with Crippen molar-refractivity contribution in [2.45, 2.75) is 45.8 Å². The van der Waals surface area contributed by atoms with Crippen molar-refractivity contribution in [1.82, 2.24) is 34.3 Å². The van der Waals surface area contributed by atoms with Crippen LogP contribution < -0.4 is 4.90 Å². The molecule has 3 aromatic heterocycles. The summed E-state index contributed by atoms with van der Waals surface area (Å²) in [6, 6.07) is 2.94. The predicted octanol–water partition coefficient (Wildman–Crippen LogP) is 2.00. The SMILES string of the molecule is CCC(C)n1nccc1CN1CCN(c2nccn3cnnc23)C(C)C1. The number of hydrogen-bond donors (Lipinski definition) is 0. The fourth-order valence-corrected chi connectivity index (χ4v) is 3.70. The molecule has 0 aromatic carbocycles. The number of nitrogens with zero attached hydrogens (tertiary/aromatic N) is 8. The summed E-state index contributed by atoms with van der Waals surface area (Å²) in [5.41, 5.74) is 2.11. The summed E-state index contributed by atoms with van der Waals surface area (Å²) >= 11 is 0. The van der Waals surface area contributed by atoms with Gasteiger partial charge in [0.15, 0.2) is 5.82 Å². The first-order valence-corrected chi connectivity index (χ1v) is 9.33. The summed E-state index contributed by atoms with van der Waals surface area (Å²) in [7, 11) is 0. The molecule has 8 nitrogen and oxygen atoms in total. The molecule has 2 unspecified atom stereocenters. The third-order valence-corrected chi connectivity index (χ3v) is 5.33. The number of fused-ring (bicyclic) bond motifs is 1. The van der Waals surface area contributed by atoms with Gasteiger partial charge in [-0.15, -0.1) is 10.2 Å². The van der Waals surface area contributed by atoms with Crippen molar-refractivity contribution in [2.75, 3.05) is 24.5 Å². The Balaban J connectivity index is 1.47. The number of anilines is 1. The largest absolute Gasteiger partial charge is 0.348 e. The zero-order valence-corrected chi connectivity index (χ0v) is 15.7. The van der Waals surface area contributed by atoms with Crippen LogP contribution in [0.2, 0.25) is 0 Å². The third-order valence-electron chi connectivity index (χ3n) is 5.33. The zero-order valence-electron chi connectivity index (χ0n) is 15.7. The molecule has 0 bridgehead atoms. The highest BCUT2D eigenvalue weighted by Gasteiger charge is 2.27. The molecule has 8 heteroatoms. The molecular weight excluding hydrogens is 328 g/mol. The Morgan fingerprint density at radius 1 is 1.27 bits per heavy atom. The van der Waals surface area contributed by atoms with Crippen molar-refractivity contribution < 1.29 is 0 Å². The first-order valence-electron chi connectivity index (χ1n) is 9.33. The molecule has 0 radical (unpaired) electrons. The van der Waals surface area contributed by atoms with Crippen molar-refractivity contribution in [1.29, 1.82) is 0 Å². The van der Waals surface area contributed by atoms with E-state index in [-0.39, 0.29) is 0 Å². The van der Waals surface area contributed by atoms with E-state index in [9.17, 15) is 0 Å². The number of rotatable bonds is 5. The lowest BCUT2D eigenvalue weighted by Crippen LogP contribution is -2.52. The standard InChI is InChI=1S/C18H26N8/c1-4-14(2)26-16(5-6-21-26)12-23-9-10-25(15(3)11-23)17-18-22-20-13-24(18)8-7-19-17/h5-8,13-15H,4,9-12H2,1-3H3. The first-order chi connectivity index (χ1) is 12.7. The van der Waals surface area contributed by atoms with E-state index < -0.39 is 0 Å². The Morgan fingerprint density at radius 3 is 2.96 bits per heavy atom. The van der Waals surface area contributed by atoms with Crippen LogP contribution in [-0.2, 0) is 6.54 Å². The Labute approximate surface area is 153 Å². The van der Waals surface area contributed by atoms with Crippen LogP contribution in [0.15, 0.2) is 31.0 Å². The van der Waals surface area contributed by atoms with Crippen molar-refractivity contribution >= 4 is 11.5 Å².